The number of halogens is 17. The van der Waals surface area contributed by atoms with Gasteiger partial charge in [0, 0.05) is 12.8 Å². The van der Waals surface area contributed by atoms with Crippen molar-refractivity contribution in [3.63, 3.8) is 0 Å². The third-order valence-electron chi connectivity index (χ3n) is 6.10. The van der Waals surface area contributed by atoms with Crippen LogP contribution in [0, 0.1) is 0 Å². The topological polar surface area (TPSA) is 99.2 Å². The third kappa shape index (κ3) is 7.55. The van der Waals surface area contributed by atoms with Gasteiger partial charge in [0.1, 0.15) is 11.6 Å². The molecule has 47 heavy (non-hydrogen) atoms. The molecule has 1 heterocycles. The molecule has 0 aromatic heterocycles. The van der Waals surface area contributed by atoms with Crippen molar-refractivity contribution in [2.45, 2.75) is 99.0 Å². The Balaban J connectivity index is 3.31. The Labute approximate surface area is 252 Å². The fourth-order valence-corrected chi connectivity index (χ4v) is 4.77. The molecule has 1 aliphatic rings. The standard InChI is InChI=1S/C21H22F17NO7S/c1-13(2,3)45-12(41)39-8-9(7-10(39)11(40)44-4)46-47(42,43)6-5-14(22,23)15(24,25)16(26,27)17(28,29)18(30,31)19(32,33)20(34,35)21(36,37)38/h9-10H,5-8H2,1-4H3/t9-,10+/m1/s1. The molecule has 0 bridgehead atoms. The summed E-state index contributed by atoms with van der Waals surface area (Å²) >= 11 is 0. The Morgan fingerprint density at radius 2 is 1.11 bits per heavy atom. The van der Waals surface area contributed by atoms with Crippen molar-refractivity contribution in [3.8, 4) is 0 Å². The second-order valence-corrected chi connectivity index (χ2v) is 12.5. The van der Waals surface area contributed by atoms with E-state index >= 15 is 0 Å². The number of hydrogen-bond donors (Lipinski definition) is 0. The van der Waals surface area contributed by atoms with E-state index in [2.05, 4.69) is 8.92 Å². The first kappa shape index (κ1) is 42.5. The summed E-state index contributed by atoms with van der Waals surface area (Å²) in [7, 11) is -4.94. The van der Waals surface area contributed by atoms with Crippen LogP contribution in [0.25, 0.3) is 0 Å². The van der Waals surface area contributed by atoms with Crippen LogP contribution in [-0.4, -0.2) is 110 Å². The average Bonchev–Trinajstić information content (AvgIpc) is 3.28. The number of ether oxygens (including phenoxy) is 2. The fourth-order valence-electron chi connectivity index (χ4n) is 3.61. The molecule has 0 spiro atoms. The number of alkyl halides is 17. The van der Waals surface area contributed by atoms with Gasteiger partial charge in [-0.2, -0.15) is 83.1 Å². The van der Waals surface area contributed by atoms with Gasteiger partial charge in [0.05, 0.1) is 25.5 Å². The average molecular weight is 755 g/mol. The van der Waals surface area contributed by atoms with Crippen molar-refractivity contribution < 1.29 is 106 Å². The van der Waals surface area contributed by atoms with Crippen molar-refractivity contribution in [2.24, 2.45) is 0 Å². The van der Waals surface area contributed by atoms with Crippen LogP contribution in [0.3, 0.4) is 0 Å². The number of methoxy groups -OCH3 is 1. The van der Waals surface area contributed by atoms with E-state index in [1.165, 1.54) is 20.8 Å². The second-order valence-electron chi connectivity index (χ2n) is 10.8. The summed E-state index contributed by atoms with van der Waals surface area (Å²) in [6.45, 7) is 3.09. The summed E-state index contributed by atoms with van der Waals surface area (Å²) in [5.41, 5.74) is -1.22. The minimum absolute atomic E-state index is 0.501. The van der Waals surface area contributed by atoms with Crippen molar-refractivity contribution >= 4 is 22.2 Å². The van der Waals surface area contributed by atoms with Crippen LogP contribution in [-0.2, 0) is 28.6 Å². The van der Waals surface area contributed by atoms with E-state index in [0.29, 0.717) is 4.90 Å². The molecular formula is C21H22F17NO7S. The van der Waals surface area contributed by atoms with Gasteiger partial charge in [-0.05, 0) is 20.8 Å². The lowest BCUT2D eigenvalue weighted by atomic mass is 9.88. The molecule has 1 amide bonds. The van der Waals surface area contributed by atoms with Crippen LogP contribution in [0.15, 0.2) is 0 Å². The van der Waals surface area contributed by atoms with E-state index in [-0.39, 0.29) is 0 Å². The van der Waals surface area contributed by atoms with Crippen LogP contribution >= 0.6 is 0 Å². The molecule has 0 saturated carbocycles. The fraction of sp³-hybridized carbons (Fsp3) is 0.905. The molecule has 278 valence electrons. The van der Waals surface area contributed by atoms with Crippen LogP contribution in [0.4, 0.5) is 79.4 Å². The molecule has 26 heteroatoms. The van der Waals surface area contributed by atoms with Crippen LogP contribution in [0.2, 0.25) is 0 Å². The van der Waals surface area contributed by atoms with Crippen LogP contribution in [0.5, 0.6) is 0 Å². The van der Waals surface area contributed by atoms with Crippen LogP contribution in [0.1, 0.15) is 33.6 Å². The minimum Gasteiger partial charge on any atom is -0.467 e. The first-order valence-corrected chi connectivity index (χ1v) is 13.7. The first-order valence-electron chi connectivity index (χ1n) is 12.1. The maximum Gasteiger partial charge on any atom is 0.460 e. The highest BCUT2D eigenvalue weighted by atomic mass is 32.2. The number of amides is 1. The number of carbonyl (C=O) groups excluding carboxylic acids is 2. The Morgan fingerprint density at radius 1 is 0.702 bits per heavy atom. The van der Waals surface area contributed by atoms with Crippen LogP contribution < -0.4 is 0 Å². The number of esters is 1. The van der Waals surface area contributed by atoms with Crippen molar-refractivity contribution in [3.05, 3.63) is 0 Å². The zero-order valence-corrected chi connectivity index (χ0v) is 24.4. The summed E-state index contributed by atoms with van der Waals surface area (Å²) in [4.78, 5) is 24.9. The third-order valence-corrected chi connectivity index (χ3v) is 7.37. The Kier molecular flexibility index (Phi) is 11.2. The molecule has 0 unspecified atom stereocenters. The highest BCUT2D eigenvalue weighted by Gasteiger charge is 2.95. The van der Waals surface area contributed by atoms with Gasteiger partial charge in [0.15, 0.2) is 0 Å². The molecule has 0 aliphatic carbocycles. The Hall–Kier alpha value is -2.54. The Morgan fingerprint density at radius 3 is 1.49 bits per heavy atom. The maximum atomic E-state index is 14.1. The predicted octanol–water partition coefficient (Wildman–Crippen LogP) is 6.28. The first-order chi connectivity index (χ1) is 20.4. The zero-order chi connectivity index (χ0) is 37.8. The SMILES string of the molecule is COC(=O)[C@@H]1C[C@@H](OS(=O)(=O)CCC(F)(F)C(F)(F)C(F)(F)C(F)(F)C(F)(F)C(F)(F)C(F)(F)C(F)(F)F)CN1C(=O)OC(C)(C)C. The lowest BCUT2D eigenvalue weighted by Crippen LogP contribution is -2.74. The molecule has 1 fully saturated rings. The van der Waals surface area contributed by atoms with E-state index in [1.807, 2.05) is 0 Å². The molecule has 0 aromatic carbocycles. The maximum absolute atomic E-state index is 14.1. The van der Waals surface area contributed by atoms with E-state index in [4.69, 9.17) is 4.74 Å². The number of hydrogen-bond acceptors (Lipinski definition) is 7. The summed E-state index contributed by atoms with van der Waals surface area (Å²) in [5, 5.41) is 0. The molecule has 1 aliphatic heterocycles. The van der Waals surface area contributed by atoms with E-state index in [9.17, 15) is 92.6 Å². The van der Waals surface area contributed by atoms with Crippen molar-refractivity contribution in [1.29, 1.82) is 0 Å². The number of carbonyl (C=O) groups is 2. The van der Waals surface area contributed by atoms with E-state index < -0.39 is 113 Å². The smallest absolute Gasteiger partial charge is 0.460 e. The monoisotopic (exact) mass is 755 g/mol. The summed E-state index contributed by atoms with van der Waals surface area (Å²) in [6, 6.07) is -1.69. The predicted molar refractivity (Wildman–Crippen MR) is 117 cm³/mol. The van der Waals surface area contributed by atoms with Gasteiger partial charge in [-0.3, -0.25) is 9.08 Å². The van der Waals surface area contributed by atoms with E-state index in [0.717, 1.165) is 7.11 Å². The normalized spacial score (nSPS) is 20.0. The quantitative estimate of drug-likeness (QED) is 0.131. The van der Waals surface area contributed by atoms with Crippen molar-refractivity contribution in [1.82, 2.24) is 4.90 Å². The molecule has 1 saturated heterocycles. The van der Waals surface area contributed by atoms with Gasteiger partial charge in [0.25, 0.3) is 10.1 Å². The molecule has 1 rings (SSSR count). The number of likely N-dealkylation sites (tertiary alicyclic amines) is 1. The highest BCUT2D eigenvalue weighted by molar-refractivity contribution is 7.86. The van der Waals surface area contributed by atoms with Gasteiger partial charge in [-0.25, -0.2) is 9.59 Å². The van der Waals surface area contributed by atoms with E-state index in [1.54, 1.807) is 0 Å². The second kappa shape index (κ2) is 12.4. The summed E-state index contributed by atoms with van der Waals surface area (Å²) in [5.74, 6) is -62.1. The van der Waals surface area contributed by atoms with Gasteiger partial charge in [-0.1, -0.05) is 0 Å². The summed E-state index contributed by atoms with van der Waals surface area (Å²) in [6.07, 6.45) is -15.2. The highest BCUT2D eigenvalue weighted by Crippen LogP contribution is 2.64. The lowest BCUT2D eigenvalue weighted by Gasteiger charge is -2.42. The molecular weight excluding hydrogens is 733 g/mol. The molecule has 0 radical (unpaired) electrons. The van der Waals surface area contributed by atoms with Crippen molar-refractivity contribution in [2.75, 3.05) is 19.4 Å². The van der Waals surface area contributed by atoms with Gasteiger partial charge in [0.2, 0.25) is 0 Å². The zero-order valence-electron chi connectivity index (χ0n) is 23.6. The minimum atomic E-state index is -8.82. The lowest BCUT2D eigenvalue weighted by molar-refractivity contribution is -0.461. The largest absolute Gasteiger partial charge is 0.467 e. The molecule has 0 N–H and O–H groups in total. The Bertz CT molecular complexity index is 1280. The van der Waals surface area contributed by atoms with Gasteiger partial charge in [-0.15, -0.1) is 0 Å². The number of rotatable bonds is 12. The van der Waals surface area contributed by atoms with Gasteiger partial charge < -0.3 is 9.47 Å². The molecule has 8 nitrogen and oxygen atoms in total. The summed E-state index contributed by atoms with van der Waals surface area (Å²) < 4.78 is 266. The van der Waals surface area contributed by atoms with Gasteiger partial charge >= 0.3 is 59.7 Å². The number of nitrogens with zero attached hydrogens (tertiary/aromatic N) is 1. The molecule has 0 aromatic rings. The molecule has 2 atom stereocenters.